The Balaban J connectivity index is 2.86. The van der Waals surface area contributed by atoms with Crippen LogP contribution >= 0.6 is 0 Å². The second-order valence-electron chi connectivity index (χ2n) is 4.46. The van der Waals surface area contributed by atoms with Crippen LogP contribution in [0.25, 0.3) is 0 Å². The van der Waals surface area contributed by atoms with Crippen LogP contribution in [-0.2, 0) is 14.8 Å². The predicted octanol–water partition coefficient (Wildman–Crippen LogP) is 1.61. The van der Waals surface area contributed by atoms with Crippen molar-refractivity contribution >= 4 is 15.7 Å². The van der Waals surface area contributed by atoms with Gasteiger partial charge in [0.15, 0.2) is 5.03 Å². The van der Waals surface area contributed by atoms with Crippen LogP contribution in [0.1, 0.15) is 27.2 Å². The molecule has 0 fully saturated rings. The quantitative estimate of drug-likeness (QED) is 0.724. The molecule has 0 aliphatic heterocycles. The smallest absolute Gasteiger partial charge is 0.260 e. The first-order chi connectivity index (χ1) is 9.51. The molecule has 7 heteroatoms. The number of anilines is 1. The summed E-state index contributed by atoms with van der Waals surface area (Å²) >= 11 is 0. The molecule has 0 saturated carbocycles. The third-order valence-electron chi connectivity index (χ3n) is 2.52. The minimum absolute atomic E-state index is 0.0248. The Morgan fingerprint density at radius 2 is 2.15 bits per heavy atom. The fourth-order valence-corrected chi connectivity index (χ4v) is 2.99. The summed E-state index contributed by atoms with van der Waals surface area (Å²) in [6.45, 7) is 7.23. The van der Waals surface area contributed by atoms with E-state index in [0.29, 0.717) is 25.4 Å². The molecule has 0 spiro atoms. The maximum Gasteiger partial charge on any atom is 0.260 e. The van der Waals surface area contributed by atoms with E-state index in [-0.39, 0.29) is 11.1 Å². The number of sulfonamides is 1. The zero-order chi connectivity index (χ0) is 15.0. The highest BCUT2D eigenvalue weighted by Gasteiger charge is 2.22. The molecule has 114 valence electrons. The van der Waals surface area contributed by atoms with Crippen LogP contribution in [-0.4, -0.2) is 39.2 Å². The molecule has 20 heavy (non-hydrogen) atoms. The van der Waals surface area contributed by atoms with Crippen molar-refractivity contribution in [2.45, 2.75) is 38.3 Å². The summed E-state index contributed by atoms with van der Waals surface area (Å²) in [4.78, 5) is 3.98. The van der Waals surface area contributed by atoms with Crippen molar-refractivity contribution in [1.82, 2.24) is 9.71 Å². The summed E-state index contributed by atoms with van der Waals surface area (Å²) in [6.07, 6.45) is 2.38. The lowest BCUT2D eigenvalue weighted by Crippen LogP contribution is -2.36. The van der Waals surface area contributed by atoms with Gasteiger partial charge < -0.3 is 10.1 Å². The molecule has 0 amide bonds. The Morgan fingerprint density at radius 1 is 1.40 bits per heavy atom. The van der Waals surface area contributed by atoms with Crippen LogP contribution in [0, 0.1) is 0 Å². The summed E-state index contributed by atoms with van der Waals surface area (Å²) < 4.78 is 32.4. The van der Waals surface area contributed by atoms with Crippen LogP contribution < -0.4 is 10.0 Å². The maximum atomic E-state index is 12.3. The molecule has 0 bridgehead atoms. The maximum absolute atomic E-state index is 12.3. The number of pyridine rings is 1. The van der Waals surface area contributed by atoms with Crippen molar-refractivity contribution < 1.29 is 13.2 Å². The highest BCUT2D eigenvalue weighted by molar-refractivity contribution is 7.89. The molecule has 0 aromatic carbocycles. The van der Waals surface area contributed by atoms with Crippen LogP contribution in [0.15, 0.2) is 23.4 Å². The molecule has 0 radical (unpaired) electrons. The van der Waals surface area contributed by atoms with E-state index in [1.165, 1.54) is 6.20 Å². The largest absolute Gasteiger partial charge is 0.383 e. The van der Waals surface area contributed by atoms with Gasteiger partial charge >= 0.3 is 0 Å². The Kier molecular flexibility index (Phi) is 6.90. The molecule has 1 atom stereocenters. The van der Waals surface area contributed by atoms with E-state index in [2.05, 4.69) is 15.0 Å². The molecule has 1 aromatic heterocycles. The topological polar surface area (TPSA) is 80.3 Å². The number of nitrogens with zero attached hydrogens (tertiary/aromatic N) is 1. The highest BCUT2D eigenvalue weighted by atomic mass is 32.2. The van der Waals surface area contributed by atoms with Gasteiger partial charge in [-0.15, -0.1) is 0 Å². The fraction of sp³-hybridized carbons (Fsp3) is 0.615. The van der Waals surface area contributed by atoms with Crippen LogP contribution in [0.4, 0.5) is 5.69 Å². The lowest BCUT2D eigenvalue weighted by Gasteiger charge is -2.15. The molecular weight excluding hydrogens is 278 g/mol. The number of nitrogens with one attached hydrogen (secondary N) is 2. The number of aromatic nitrogens is 1. The average molecular weight is 301 g/mol. The summed E-state index contributed by atoms with van der Waals surface area (Å²) in [6, 6.07) is 3.12. The zero-order valence-corrected chi connectivity index (χ0v) is 13.0. The molecule has 1 rings (SSSR count). The van der Waals surface area contributed by atoms with Gasteiger partial charge in [-0.25, -0.2) is 18.1 Å². The fourth-order valence-electron chi connectivity index (χ4n) is 1.65. The van der Waals surface area contributed by atoms with Crippen molar-refractivity contribution in [2.75, 3.05) is 25.1 Å². The third-order valence-corrected chi connectivity index (χ3v) is 4.07. The Labute approximate surface area is 121 Å². The minimum atomic E-state index is -3.65. The van der Waals surface area contributed by atoms with Crippen LogP contribution in [0.3, 0.4) is 0 Å². The molecule has 0 aliphatic rings. The zero-order valence-electron chi connectivity index (χ0n) is 12.2. The molecule has 6 nitrogen and oxygen atoms in total. The van der Waals surface area contributed by atoms with E-state index >= 15 is 0 Å². The first kappa shape index (κ1) is 16.9. The molecule has 1 aromatic rings. The van der Waals surface area contributed by atoms with Crippen molar-refractivity contribution in [2.24, 2.45) is 0 Å². The molecule has 0 saturated heterocycles. The Hall–Kier alpha value is -1.18. The molecular formula is C13H23N3O3S. The highest BCUT2D eigenvalue weighted by Crippen LogP contribution is 2.18. The van der Waals surface area contributed by atoms with Gasteiger partial charge in [-0.05, 0) is 32.4 Å². The number of hydrogen-bond donors (Lipinski definition) is 2. The van der Waals surface area contributed by atoms with E-state index in [1.54, 1.807) is 19.1 Å². The lowest BCUT2D eigenvalue weighted by atomic mass is 10.4. The summed E-state index contributed by atoms with van der Waals surface area (Å²) in [7, 11) is -3.65. The van der Waals surface area contributed by atoms with Crippen LogP contribution in [0.2, 0.25) is 0 Å². The summed E-state index contributed by atoms with van der Waals surface area (Å²) in [5, 5.41) is 3.10. The van der Waals surface area contributed by atoms with Crippen molar-refractivity contribution in [1.29, 1.82) is 0 Å². The van der Waals surface area contributed by atoms with E-state index < -0.39 is 10.0 Å². The van der Waals surface area contributed by atoms with Crippen LogP contribution in [0.5, 0.6) is 0 Å². The average Bonchev–Trinajstić information content (AvgIpc) is 2.42. The molecule has 2 N–H and O–H groups in total. The van der Waals surface area contributed by atoms with Crippen molar-refractivity contribution in [3.63, 3.8) is 0 Å². The number of rotatable bonds is 9. The minimum Gasteiger partial charge on any atom is -0.383 e. The molecule has 0 aliphatic carbocycles. The predicted molar refractivity (Wildman–Crippen MR) is 79.3 cm³/mol. The third kappa shape index (κ3) is 5.07. The van der Waals surface area contributed by atoms with Crippen molar-refractivity contribution in [3.05, 3.63) is 18.3 Å². The normalized spacial score (nSPS) is 13.2. The van der Waals surface area contributed by atoms with E-state index in [1.807, 2.05) is 13.8 Å². The Bertz CT molecular complexity index is 505. The van der Waals surface area contributed by atoms with E-state index in [9.17, 15) is 8.42 Å². The molecule has 1 heterocycles. The van der Waals surface area contributed by atoms with E-state index in [4.69, 9.17) is 4.74 Å². The van der Waals surface area contributed by atoms with Gasteiger partial charge in [0.2, 0.25) is 0 Å². The second-order valence-corrected chi connectivity index (χ2v) is 6.09. The van der Waals surface area contributed by atoms with E-state index in [0.717, 1.165) is 6.42 Å². The monoisotopic (exact) mass is 301 g/mol. The van der Waals surface area contributed by atoms with Gasteiger partial charge in [0, 0.05) is 25.4 Å². The second kappa shape index (κ2) is 8.18. The van der Waals surface area contributed by atoms with Gasteiger partial charge in [-0.3, -0.25) is 0 Å². The number of ether oxygens (including phenoxy) is 1. The van der Waals surface area contributed by atoms with Gasteiger partial charge in [0.05, 0.1) is 12.3 Å². The first-order valence-electron chi connectivity index (χ1n) is 6.80. The van der Waals surface area contributed by atoms with Gasteiger partial charge in [0.1, 0.15) is 0 Å². The SMILES string of the molecule is CCCNc1cccnc1S(=O)(=O)NC(C)COCC. The molecule has 1 unspecified atom stereocenters. The van der Waals surface area contributed by atoms with Gasteiger partial charge in [-0.1, -0.05) is 6.92 Å². The first-order valence-corrected chi connectivity index (χ1v) is 8.28. The van der Waals surface area contributed by atoms with Crippen molar-refractivity contribution in [3.8, 4) is 0 Å². The Morgan fingerprint density at radius 3 is 2.80 bits per heavy atom. The van der Waals surface area contributed by atoms with Gasteiger partial charge in [-0.2, -0.15) is 0 Å². The standard InChI is InChI=1S/C13H23N3O3S/c1-4-8-14-12-7-6-9-15-13(12)20(17,18)16-11(3)10-19-5-2/h6-7,9,11,14,16H,4-5,8,10H2,1-3H3. The van der Waals surface area contributed by atoms with Gasteiger partial charge in [0.25, 0.3) is 10.0 Å². The lowest BCUT2D eigenvalue weighted by molar-refractivity contribution is 0.133. The summed E-state index contributed by atoms with van der Waals surface area (Å²) in [5.41, 5.74) is 0.519. The summed E-state index contributed by atoms with van der Waals surface area (Å²) in [5.74, 6) is 0. The number of hydrogen-bond acceptors (Lipinski definition) is 5.